The fourth-order valence-electron chi connectivity index (χ4n) is 4.75. The van der Waals surface area contributed by atoms with Gasteiger partial charge in [-0.25, -0.2) is 4.79 Å². The number of nitrogens with one attached hydrogen (secondary N) is 2. The lowest BCUT2D eigenvalue weighted by molar-refractivity contribution is -0.00889. The van der Waals surface area contributed by atoms with Crippen LogP contribution in [0.15, 0.2) is 47.2 Å². The summed E-state index contributed by atoms with van der Waals surface area (Å²) in [5, 5.41) is 9.88. The molecule has 150 valence electrons. The van der Waals surface area contributed by atoms with Crippen molar-refractivity contribution in [2.75, 3.05) is 38.5 Å². The number of benzene rings is 1. The Labute approximate surface area is 171 Å². The molecule has 0 spiro atoms. The Kier molecular flexibility index (Phi) is 6.29. The van der Waals surface area contributed by atoms with E-state index in [0.29, 0.717) is 6.04 Å². The summed E-state index contributed by atoms with van der Waals surface area (Å²) >= 11 is 1.59. The van der Waals surface area contributed by atoms with Gasteiger partial charge in [0.05, 0.1) is 5.69 Å². The topological polar surface area (TPSA) is 47.6 Å². The molecule has 2 bridgehead atoms. The van der Waals surface area contributed by atoms with E-state index in [9.17, 15) is 4.79 Å². The molecule has 0 aliphatic carbocycles. The Balaban J connectivity index is 1.23. The van der Waals surface area contributed by atoms with Crippen LogP contribution in [0.3, 0.4) is 0 Å². The first-order valence-electron chi connectivity index (χ1n) is 10.2. The van der Waals surface area contributed by atoms with Crippen molar-refractivity contribution in [2.45, 2.75) is 25.4 Å². The van der Waals surface area contributed by atoms with E-state index in [-0.39, 0.29) is 6.03 Å². The summed E-state index contributed by atoms with van der Waals surface area (Å²) in [4.78, 5) is 17.2. The number of fused-ring (bicyclic) bond motifs is 3. The second-order valence-electron chi connectivity index (χ2n) is 8.22. The van der Waals surface area contributed by atoms with Gasteiger partial charge in [-0.05, 0) is 55.3 Å². The number of amides is 2. The van der Waals surface area contributed by atoms with Gasteiger partial charge in [0.25, 0.3) is 0 Å². The molecule has 4 unspecified atom stereocenters. The molecular weight excluding hydrogens is 368 g/mol. The molecule has 1 aromatic heterocycles. The van der Waals surface area contributed by atoms with Gasteiger partial charge in [-0.15, -0.1) is 0 Å². The predicted octanol–water partition coefficient (Wildman–Crippen LogP) is 3.71. The zero-order chi connectivity index (χ0) is 19.3. The van der Waals surface area contributed by atoms with Crippen molar-refractivity contribution < 1.29 is 4.79 Å². The lowest BCUT2D eigenvalue weighted by Gasteiger charge is -2.50. The summed E-state index contributed by atoms with van der Waals surface area (Å²) in [7, 11) is 2.23. The van der Waals surface area contributed by atoms with Crippen LogP contribution in [0.4, 0.5) is 10.5 Å². The van der Waals surface area contributed by atoms with Crippen molar-refractivity contribution in [3.05, 3.63) is 52.7 Å². The van der Waals surface area contributed by atoms with Gasteiger partial charge in [-0.1, -0.05) is 30.3 Å². The quantitative estimate of drug-likeness (QED) is 0.747. The number of thiophene rings is 1. The minimum Gasteiger partial charge on any atom is -0.336 e. The molecule has 2 N–H and O–H groups in total. The fourth-order valence-corrected chi connectivity index (χ4v) is 5.34. The molecule has 4 heterocycles. The van der Waals surface area contributed by atoms with Gasteiger partial charge >= 0.3 is 6.03 Å². The normalized spacial score (nSPS) is 26.4. The molecule has 5 nitrogen and oxygen atoms in total. The Morgan fingerprint density at radius 1 is 1.29 bits per heavy atom. The van der Waals surface area contributed by atoms with Crippen LogP contribution in [-0.2, 0) is 6.54 Å². The second-order valence-corrected chi connectivity index (χ2v) is 9.00. The van der Waals surface area contributed by atoms with Crippen molar-refractivity contribution in [1.82, 2.24) is 15.1 Å². The van der Waals surface area contributed by atoms with Gasteiger partial charge in [-0.3, -0.25) is 4.90 Å². The lowest BCUT2D eigenvalue weighted by atomic mass is 9.75. The van der Waals surface area contributed by atoms with Crippen molar-refractivity contribution in [3.8, 4) is 0 Å². The molecule has 3 saturated heterocycles. The molecule has 2 amide bonds. The van der Waals surface area contributed by atoms with E-state index >= 15 is 0 Å². The highest BCUT2D eigenvalue weighted by Gasteiger charge is 2.40. The summed E-state index contributed by atoms with van der Waals surface area (Å²) in [6.07, 6.45) is 2.49. The number of carbonyl (C=O) groups is 1. The molecule has 6 heteroatoms. The Morgan fingerprint density at radius 3 is 2.86 bits per heavy atom. The number of carbonyl (C=O) groups excluding carboxylic acids is 1. The second kappa shape index (κ2) is 9.07. The summed E-state index contributed by atoms with van der Waals surface area (Å²) < 4.78 is 0. The average Bonchev–Trinajstić information content (AvgIpc) is 3.21. The summed E-state index contributed by atoms with van der Waals surface area (Å²) in [6.45, 7) is 5.22. The largest absolute Gasteiger partial charge is 0.336 e. The van der Waals surface area contributed by atoms with Gasteiger partial charge < -0.3 is 15.5 Å². The number of urea groups is 1. The van der Waals surface area contributed by atoms with Gasteiger partial charge in [0.15, 0.2) is 0 Å². The number of anilines is 1. The molecule has 3 aliphatic heterocycles. The molecule has 5 rings (SSSR count). The van der Waals surface area contributed by atoms with Gasteiger partial charge in [0.1, 0.15) is 0 Å². The van der Waals surface area contributed by atoms with Crippen molar-refractivity contribution in [1.29, 1.82) is 0 Å². The smallest absolute Gasteiger partial charge is 0.319 e. The van der Waals surface area contributed by atoms with E-state index in [1.54, 1.807) is 11.3 Å². The molecule has 3 fully saturated rings. The maximum atomic E-state index is 12.1. The Morgan fingerprint density at radius 2 is 2.14 bits per heavy atom. The molecule has 4 atom stereocenters. The molecule has 3 aliphatic rings. The van der Waals surface area contributed by atoms with E-state index in [1.165, 1.54) is 24.9 Å². The van der Waals surface area contributed by atoms with Crippen LogP contribution in [0.25, 0.3) is 0 Å². The number of piperidine rings is 3. The lowest BCUT2D eigenvalue weighted by Crippen LogP contribution is -2.58. The third-order valence-electron chi connectivity index (χ3n) is 6.13. The van der Waals surface area contributed by atoms with Crippen LogP contribution in [0.5, 0.6) is 0 Å². The van der Waals surface area contributed by atoms with Crippen LogP contribution in [0.1, 0.15) is 18.4 Å². The summed E-state index contributed by atoms with van der Waals surface area (Å²) in [6, 6.07) is 13.0. The van der Waals surface area contributed by atoms with Gasteiger partial charge in [0, 0.05) is 37.6 Å². The zero-order valence-corrected chi connectivity index (χ0v) is 17.3. The van der Waals surface area contributed by atoms with Crippen LogP contribution in [0.2, 0.25) is 0 Å². The highest BCUT2D eigenvalue weighted by Crippen LogP contribution is 2.36. The molecule has 0 radical (unpaired) electrons. The maximum absolute atomic E-state index is 12.1. The van der Waals surface area contributed by atoms with Crippen molar-refractivity contribution in [2.24, 2.45) is 11.8 Å². The van der Waals surface area contributed by atoms with Crippen molar-refractivity contribution in [3.63, 3.8) is 0 Å². The number of hydrogen-bond acceptors (Lipinski definition) is 4. The molecule has 0 saturated carbocycles. The van der Waals surface area contributed by atoms with Crippen LogP contribution in [-0.4, -0.2) is 55.1 Å². The first kappa shape index (κ1) is 19.4. The SMILES string of the molecule is CN(Cc1ccccc1)CC1CN2CCC1CC2CNC(=O)Nc1ccsc1. The van der Waals surface area contributed by atoms with E-state index < -0.39 is 0 Å². The highest BCUT2D eigenvalue weighted by atomic mass is 32.1. The molecular formula is C22H30N4OS. The number of rotatable bonds is 7. The zero-order valence-electron chi connectivity index (χ0n) is 16.5. The minimum absolute atomic E-state index is 0.0970. The van der Waals surface area contributed by atoms with Gasteiger partial charge in [-0.2, -0.15) is 11.3 Å². The van der Waals surface area contributed by atoms with E-state index in [0.717, 1.165) is 43.7 Å². The minimum atomic E-state index is -0.0970. The molecule has 28 heavy (non-hydrogen) atoms. The fraction of sp³-hybridized carbons (Fsp3) is 0.500. The first-order chi connectivity index (χ1) is 13.7. The number of hydrogen-bond donors (Lipinski definition) is 2. The third kappa shape index (κ3) is 4.93. The Bertz CT molecular complexity index is 751. The summed E-state index contributed by atoms with van der Waals surface area (Å²) in [5.41, 5.74) is 2.25. The highest BCUT2D eigenvalue weighted by molar-refractivity contribution is 7.08. The Hall–Kier alpha value is -1.89. The average molecular weight is 399 g/mol. The first-order valence-corrected chi connectivity index (χ1v) is 11.1. The van der Waals surface area contributed by atoms with Crippen LogP contribution >= 0.6 is 11.3 Å². The number of nitrogens with zero attached hydrogens (tertiary/aromatic N) is 2. The standard InChI is InChI=1S/C22H30N4OS/c1-25(13-17-5-3-2-4-6-17)14-19-15-26-9-7-18(19)11-21(26)12-23-22(27)24-20-8-10-28-16-20/h2-6,8,10,16,18-19,21H,7,9,11-15H2,1H3,(H2,23,24,27). The van der Waals surface area contributed by atoms with Gasteiger partial charge in [0.2, 0.25) is 0 Å². The summed E-state index contributed by atoms with van der Waals surface area (Å²) in [5.74, 6) is 1.51. The monoisotopic (exact) mass is 398 g/mol. The van der Waals surface area contributed by atoms with E-state index in [2.05, 4.69) is 57.8 Å². The van der Waals surface area contributed by atoms with Crippen LogP contribution in [0, 0.1) is 11.8 Å². The predicted molar refractivity (Wildman–Crippen MR) is 116 cm³/mol. The van der Waals surface area contributed by atoms with Crippen molar-refractivity contribution >= 4 is 23.1 Å². The molecule has 2 aromatic rings. The van der Waals surface area contributed by atoms with E-state index in [1.807, 2.05) is 16.8 Å². The maximum Gasteiger partial charge on any atom is 0.319 e. The van der Waals surface area contributed by atoms with E-state index in [4.69, 9.17) is 0 Å². The molecule has 1 aromatic carbocycles. The van der Waals surface area contributed by atoms with Crippen LogP contribution < -0.4 is 10.6 Å². The third-order valence-corrected chi connectivity index (χ3v) is 6.82.